The van der Waals surface area contributed by atoms with Gasteiger partial charge in [0.15, 0.2) is 0 Å². The highest BCUT2D eigenvalue weighted by molar-refractivity contribution is 5.79. The molecule has 0 spiro atoms. The summed E-state index contributed by atoms with van der Waals surface area (Å²) >= 11 is 0. The van der Waals surface area contributed by atoms with E-state index in [1.807, 2.05) is 6.92 Å². The predicted molar refractivity (Wildman–Crippen MR) is 169 cm³/mol. The Bertz CT molecular complexity index is 1270. The van der Waals surface area contributed by atoms with Crippen LogP contribution in [0.15, 0.2) is 11.6 Å². The third kappa shape index (κ3) is 4.74. The van der Waals surface area contributed by atoms with Gasteiger partial charge in [-0.05, 0) is 85.4 Å². The van der Waals surface area contributed by atoms with Crippen molar-refractivity contribution in [2.24, 2.45) is 50.2 Å². The lowest BCUT2D eigenvalue weighted by molar-refractivity contribution is -0.298. The van der Waals surface area contributed by atoms with Crippen LogP contribution in [0.25, 0.3) is 0 Å². The molecule has 5 fully saturated rings. The number of hydrogen-bond donors (Lipinski definition) is 8. The molecule has 0 aromatic rings. The normalized spacial score (nSPS) is 55.4. The Kier molecular flexibility index (Phi) is 8.68. The topological polar surface area (TPSA) is 197 Å². The number of aliphatic hydroxyl groups excluding tert-OH is 8. The van der Waals surface area contributed by atoms with E-state index in [0.29, 0.717) is 44.9 Å². The fourth-order valence-corrected chi connectivity index (χ4v) is 12.1. The van der Waals surface area contributed by atoms with Gasteiger partial charge in [0.2, 0.25) is 6.29 Å². The first-order valence-corrected chi connectivity index (χ1v) is 17.6. The van der Waals surface area contributed by atoms with Crippen LogP contribution in [0, 0.1) is 50.2 Å². The van der Waals surface area contributed by atoms with Crippen molar-refractivity contribution in [3.63, 3.8) is 0 Å². The van der Waals surface area contributed by atoms with Gasteiger partial charge in [-0.3, -0.25) is 4.79 Å². The number of hydrogen-bond acceptors (Lipinski definition) is 11. The van der Waals surface area contributed by atoms with E-state index in [1.54, 1.807) is 0 Å². The van der Waals surface area contributed by atoms with Crippen molar-refractivity contribution in [3.8, 4) is 0 Å². The molecule has 16 atom stereocenters. The van der Waals surface area contributed by atoms with Crippen LogP contribution >= 0.6 is 0 Å². The van der Waals surface area contributed by atoms with Crippen LogP contribution in [0.4, 0.5) is 0 Å². The monoisotopic (exact) mass is 666 g/mol. The molecule has 11 nitrogen and oxygen atoms in total. The van der Waals surface area contributed by atoms with Crippen LogP contribution in [0.3, 0.4) is 0 Å². The summed E-state index contributed by atoms with van der Waals surface area (Å²) in [6, 6.07) is 0. The van der Waals surface area contributed by atoms with E-state index in [9.17, 15) is 45.6 Å². The summed E-state index contributed by atoms with van der Waals surface area (Å²) in [5, 5.41) is 86.0. The molecule has 6 aliphatic rings. The average molecular weight is 667 g/mol. The first-order chi connectivity index (χ1) is 21.8. The summed E-state index contributed by atoms with van der Waals surface area (Å²) in [4.78, 5) is 14.4. The first kappa shape index (κ1) is 35.7. The standard InChI is InChI=1S/C36H58O11/c1-31(2)9-11-36(30(45)47-29-27(43)26(42)25(41)21(16-37)46-29)12-10-34(5)18(19(36)14-31)7-8-22-32(3)15-20(39)28(44)33(4,17-38)23(32)13-24(40)35(22,34)6/h7,19-29,37-44H,8-17H2,1-6H3/t19-,20+,21+,22+,23+,24?,25+,26-,27+,28-,29-,32+,33-,34+,35-,36-/m0/s1. The lowest BCUT2D eigenvalue weighted by Gasteiger charge is -2.72. The smallest absolute Gasteiger partial charge is 0.315 e. The molecular formula is C36H58O11. The van der Waals surface area contributed by atoms with E-state index in [1.165, 1.54) is 0 Å². The van der Waals surface area contributed by atoms with E-state index in [-0.39, 0.29) is 29.8 Å². The zero-order valence-corrected chi connectivity index (χ0v) is 28.8. The van der Waals surface area contributed by atoms with Crippen molar-refractivity contribution in [2.45, 2.75) is 142 Å². The van der Waals surface area contributed by atoms with Crippen molar-refractivity contribution in [2.75, 3.05) is 13.2 Å². The lowest BCUT2D eigenvalue weighted by Crippen LogP contribution is -2.71. The van der Waals surface area contributed by atoms with Gasteiger partial charge < -0.3 is 50.3 Å². The second-order valence-electron chi connectivity index (χ2n) is 17.9. The zero-order valence-electron chi connectivity index (χ0n) is 28.8. The molecular weight excluding hydrogens is 608 g/mol. The quantitative estimate of drug-likeness (QED) is 0.160. The van der Waals surface area contributed by atoms with E-state index >= 15 is 0 Å². The van der Waals surface area contributed by atoms with Crippen LogP contribution in [0.5, 0.6) is 0 Å². The van der Waals surface area contributed by atoms with Gasteiger partial charge in [0.25, 0.3) is 0 Å². The second-order valence-corrected chi connectivity index (χ2v) is 17.9. The summed E-state index contributed by atoms with van der Waals surface area (Å²) in [5.74, 6) is -1.03. The number of carbonyl (C=O) groups excluding carboxylic acids is 1. The van der Waals surface area contributed by atoms with Crippen LogP contribution < -0.4 is 0 Å². The summed E-state index contributed by atoms with van der Waals surface area (Å²) in [6.45, 7) is 11.8. The fourth-order valence-electron chi connectivity index (χ4n) is 12.1. The summed E-state index contributed by atoms with van der Waals surface area (Å²) in [7, 11) is 0. The van der Waals surface area contributed by atoms with Crippen LogP contribution in [-0.4, -0.2) is 109 Å². The molecule has 4 saturated carbocycles. The van der Waals surface area contributed by atoms with Gasteiger partial charge in [0, 0.05) is 10.8 Å². The Hall–Kier alpha value is -1.15. The molecule has 1 aliphatic heterocycles. The Labute approximate surface area is 278 Å². The molecule has 1 unspecified atom stereocenters. The van der Waals surface area contributed by atoms with Gasteiger partial charge in [0.1, 0.15) is 24.4 Å². The van der Waals surface area contributed by atoms with Gasteiger partial charge >= 0.3 is 5.97 Å². The Morgan fingerprint density at radius 3 is 2.17 bits per heavy atom. The molecule has 268 valence electrons. The molecule has 47 heavy (non-hydrogen) atoms. The number of aliphatic hydroxyl groups is 8. The van der Waals surface area contributed by atoms with E-state index in [0.717, 1.165) is 12.0 Å². The fraction of sp³-hybridized carbons (Fsp3) is 0.917. The van der Waals surface area contributed by atoms with Crippen molar-refractivity contribution in [1.82, 2.24) is 0 Å². The molecule has 0 aromatic heterocycles. The van der Waals surface area contributed by atoms with E-state index < -0.39 is 88.7 Å². The molecule has 0 radical (unpaired) electrons. The zero-order chi connectivity index (χ0) is 34.7. The second kappa shape index (κ2) is 11.4. The molecule has 0 amide bonds. The lowest BCUT2D eigenvalue weighted by atomic mass is 9.32. The predicted octanol–water partition coefficient (Wildman–Crippen LogP) is 1.41. The third-order valence-corrected chi connectivity index (χ3v) is 15.3. The van der Waals surface area contributed by atoms with E-state index in [4.69, 9.17) is 9.47 Å². The van der Waals surface area contributed by atoms with E-state index in [2.05, 4.69) is 40.7 Å². The van der Waals surface area contributed by atoms with Gasteiger partial charge in [-0.15, -0.1) is 0 Å². The molecule has 6 rings (SSSR count). The number of allylic oxidation sites excluding steroid dienone is 2. The minimum atomic E-state index is -1.69. The maximum atomic E-state index is 14.4. The number of rotatable bonds is 4. The van der Waals surface area contributed by atoms with Crippen molar-refractivity contribution in [3.05, 3.63) is 11.6 Å². The number of carbonyl (C=O) groups is 1. The Morgan fingerprint density at radius 2 is 1.53 bits per heavy atom. The highest BCUT2D eigenvalue weighted by Crippen LogP contribution is 2.75. The summed E-state index contributed by atoms with van der Waals surface area (Å²) in [5.41, 5.74) is -2.47. The van der Waals surface area contributed by atoms with Gasteiger partial charge in [-0.1, -0.05) is 53.2 Å². The van der Waals surface area contributed by atoms with Gasteiger partial charge in [-0.25, -0.2) is 0 Å². The highest BCUT2D eigenvalue weighted by atomic mass is 16.7. The maximum absolute atomic E-state index is 14.4. The Balaban J connectivity index is 1.39. The third-order valence-electron chi connectivity index (χ3n) is 15.3. The van der Waals surface area contributed by atoms with Crippen LogP contribution in [0.1, 0.15) is 92.9 Å². The SMILES string of the molecule is CC1(C)CC[C@]2(C(=O)O[C@@H]3O[C@H](CO)[C@@H](O)[C@H](O)[C@H]3O)CC[C@]3(C)C(=CC[C@@H]4[C@@]5(C)C[C@@H](O)[C@H](O)[C@@](C)(CO)[C@@H]5CC(O)[C@]43C)[C@@H]2C1. The molecule has 0 aromatic carbocycles. The molecule has 11 heteroatoms. The van der Waals surface area contributed by atoms with Crippen molar-refractivity contribution in [1.29, 1.82) is 0 Å². The highest BCUT2D eigenvalue weighted by Gasteiger charge is 2.73. The number of fused-ring (bicyclic) bond motifs is 7. The van der Waals surface area contributed by atoms with Gasteiger partial charge in [-0.2, -0.15) is 0 Å². The number of ether oxygens (including phenoxy) is 2. The molecule has 8 N–H and O–H groups in total. The molecule has 5 aliphatic carbocycles. The van der Waals surface area contributed by atoms with Crippen LogP contribution in [-0.2, 0) is 14.3 Å². The van der Waals surface area contributed by atoms with Crippen molar-refractivity contribution < 1.29 is 55.1 Å². The Morgan fingerprint density at radius 1 is 0.872 bits per heavy atom. The molecule has 1 saturated heterocycles. The summed E-state index contributed by atoms with van der Waals surface area (Å²) in [6.07, 6.45) is -3.76. The minimum Gasteiger partial charge on any atom is -0.432 e. The first-order valence-electron chi connectivity index (χ1n) is 17.6. The largest absolute Gasteiger partial charge is 0.432 e. The van der Waals surface area contributed by atoms with Crippen molar-refractivity contribution >= 4 is 5.97 Å². The average Bonchev–Trinajstić information content (AvgIpc) is 3.01. The maximum Gasteiger partial charge on any atom is 0.315 e. The molecule has 0 bridgehead atoms. The minimum absolute atomic E-state index is 0.0595. The summed E-state index contributed by atoms with van der Waals surface area (Å²) < 4.78 is 11.5. The number of esters is 1. The van der Waals surface area contributed by atoms with Gasteiger partial charge in [0.05, 0.1) is 36.9 Å². The molecule has 1 heterocycles. The van der Waals surface area contributed by atoms with Crippen LogP contribution in [0.2, 0.25) is 0 Å².